The predicted octanol–water partition coefficient (Wildman–Crippen LogP) is 0.388. The van der Waals surface area contributed by atoms with Gasteiger partial charge in [0.2, 0.25) is 0 Å². The fraction of sp³-hybridized carbons (Fsp3) is 1.00. The van der Waals surface area contributed by atoms with E-state index >= 15 is 0 Å². The van der Waals surface area contributed by atoms with Gasteiger partial charge in [0.1, 0.15) is 0 Å². The molecule has 5 heteroatoms. The summed E-state index contributed by atoms with van der Waals surface area (Å²) in [6, 6.07) is 0.781. The third-order valence-electron chi connectivity index (χ3n) is 1.26. The van der Waals surface area contributed by atoms with Crippen LogP contribution in [0, 0.1) is 0 Å². The van der Waals surface area contributed by atoms with Crippen LogP contribution in [0.15, 0.2) is 0 Å². The van der Waals surface area contributed by atoms with Crippen LogP contribution in [0.2, 0.25) is 6.04 Å². The van der Waals surface area contributed by atoms with Crippen molar-refractivity contribution in [3.05, 3.63) is 0 Å². The van der Waals surface area contributed by atoms with E-state index in [1.807, 2.05) is 0 Å². The van der Waals surface area contributed by atoms with Crippen molar-refractivity contribution in [3.63, 3.8) is 0 Å². The van der Waals surface area contributed by atoms with Gasteiger partial charge in [-0.15, -0.1) is 0 Å². The highest BCUT2D eigenvalue weighted by molar-refractivity contribution is 7.74. The van der Waals surface area contributed by atoms with Gasteiger partial charge in [0.05, 0.1) is 0 Å². The molecule has 0 N–H and O–H groups in total. The highest BCUT2D eigenvalue weighted by atomic mass is 31.4. The molecular formula is C4H8O3PSi. The monoisotopic (exact) mass is 163 g/mol. The Bertz CT molecular complexity index is 112. The number of hydrogen-bond donors (Lipinski definition) is 0. The summed E-state index contributed by atoms with van der Waals surface area (Å²) in [4.78, 5) is 10.3. The number of hydrogen-bond acceptors (Lipinski definition) is 3. The molecule has 0 bridgehead atoms. The smallest absolute Gasteiger partial charge is 0.541 e. The lowest BCUT2D eigenvalue weighted by Crippen LogP contribution is -2.22. The zero-order valence-corrected chi connectivity index (χ0v) is 6.89. The standard InChI is InChI=1S/C4H8O3PSi/c5-8(6)9-4-2-1-3-7-9/h1-4H2. The molecule has 51 valence electrons. The van der Waals surface area contributed by atoms with Gasteiger partial charge in [0.25, 0.3) is 7.58 Å². The Morgan fingerprint density at radius 1 is 1.56 bits per heavy atom. The van der Waals surface area contributed by atoms with Crippen molar-refractivity contribution in [2.45, 2.75) is 18.9 Å². The highest BCUT2D eigenvalue weighted by Crippen LogP contribution is 2.24. The third kappa shape index (κ3) is 2.14. The molecule has 1 atom stereocenters. The van der Waals surface area contributed by atoms with Crippen molar-refractivity contribution in [1.29, 1.82) is 0 Å². The van der Waals surface area contributed by atoms with Gasteiger partial charge in [0.15, 0.2) is 0 Å². The van der Waals surface area contributed by atoms with Gasteiger partial charge in [-0.2, -0.15) is 0 Å². The van der Waals surface area contributed by atoms with Gasteiger partial charge >= 0.3 is 8.71 Å². The average molecular weight is 163 g/mol. The molecule has 0 aromatic heterocycles. The van der Waals surface area contributed by atoms with E-state index in [0.717, 1.165) is 18.9 Å². The van der Waals surface area contributed by atoms with Crippen LogP contribution in [0.5, 0.6) is 0 Å². The molecule has 0 aromatic carbocycles. The summed E-state index contributed by atoms with van der Waals surface area (Å²) < 4.78 is 15.4. The zero-order chi connectivity index (χ0) is 6.69. The van der Waals surface area contributed by atoms with E-state index in [1.165, 1.54) is 0 Å². The maximum atomic E-state index is 10.3. The van der Waals surface area contributed by atoms with E-state index in [1.54, 1.807) is 0 Å². The zero-order valence-electron chi connectivity index (χ0n) is 5.00. The van der Waals surface area contributed by atoms with E-state index in [-0.39, 0.29) is 0 Å². The first-order valence-electron chi connectivity index (χ1n) is 2.94. The van der Waals surface area contributed by atoms with Crippen molar-refractivity contribution in [3.8, 4) is 0 Å². The van der Waals surface area contributed by atoms with Gasteiger partial charge < -0.3 is 9.32 Å². The lowest BCUT2D eigenvalue weighted by Gasteiger charge is -2.10. The van der Waals surface area contributed by atoms with Crippen LogP contribution in [0.3, 0.4) is 0 Å². The summed E-state index contributed by atoms with van der Waals surface area (Å²) in [6.07, 6.45) is 2.05. The van der Waals surface area contributed by atoms with E-state index in [4.69, 9.17) is 4.43 Å². The molecule has 1 fully saturated rings. The third-order valence-corrected chi connectivity index (χ3v) is 5.26. The van der Waals surface area contributed by atoms with Crippen molar-refractivity contribution in [2.24, 2.45) is 0 Å². The van der Waals surface area contributed by atoms with Gasteiger partial charge in [-0.25, -0.2) is 0 Å². The molecule has 1 aliphatic heterocycles. The first kappa shape index (κ1) is 7.35. The van der Waals surface area contributed by atoms with Crippen LogP contribution in [0.4, 0.5) is 0 Å². The average Bonchev–Trinajstić information content (AvgIpc) is 1.90. The van der Waals surface area contributed by atoms with Gasteiger partial charge in [-0.3, -0.25) is 0 Å². The summed E-state index contributed by atoms with van der Waals surface area (Å²) in [6.45, 7) is 0.650. The Morgan fingerprint density at radius 2 is 2.33 bits per heavy atom. The van der Waals surface area contributed by atoms with Crippen molar-refractivity contribution in [1.82, 2.24) is 0 Å². The molecular weight excluding hydrogens is 155 g/mol. The molecule has 1 saturated heterocycles. The maximum Gasteiger partial charge on any atom is 0.541 e. The molecule has 1 rings (SSSR count). The first-order chi connectivity index (χ1) is 4.30. The van der Waals surface area contributed by atoms with Crippen molar-refractivity contribution >= 4 is 16.3 Å². The molecule has 9 heavy (non-hydrogen) atoms. The SMILES string of the molecule is O=[P+]([O-])[Si]1CCCCO1. The van der Waals surface area contributed by atoms with Crippen LogP contribution < -0.4 is 4.89 Å². The largest absolute Gasteiger partial charge is 0.607 e. The normalized spacial score (nSPS) is 23.9. The Balaban J connectivity index is 2.31. The van der Waals surface area contributed by atoms with Crippen LogP contribution in [0.1, 0.15) is 12.8 Å². The molecule has 1 heterocycles. The molecule has 1 aliphatic rings. The van der Waals surface area contributed by atoms with Crippen molar-refractivity contribution < 1.29 is 13.9 Å². The second-order valence-electron chi connectivity index (χ2n) is 1.96. The maximum absolute atomic E-state index is 10.3. The molecule has 0 aliphatic carbocycles. The summed E-state index contributed by atoms with van der Waals surface area (Å²) in [5, 5.41) is 0. The summed E-state index contributed by atoms with van der Waals surface area (Å²) in [5.74, 6) is 0. The minimum atomic E-state index is -2.24. The Hall–Kier alpha value is 0.237. The fourth-order valence-electron chi connectivity index (χ4n) is 0.784. The topological polar surface area (TPSA) is 49.4 Å². The van der Waals surface area contributed by atoms with Crippen LogP contribution >= 0.6 is 7.58 Å². The van der Waals surface area contributed by atoms with E-state index < -0.39 is 16.3 Å². The first-order valence-corrected chi connectivity index (χ1v) is 6.57. The second-order valence-corrected chi connectivity index (χ2v) is 6.64. The minimum absolute atomic E-state index is 0.650. The van der Waals surface area contributed by atoms with Crippen LogP contribution in [-0.2, 0) is 8.99 Å². The molecule has 1 radical (unpaired) electrons. The van der Waals surface area contributed by atoms with Crippen LogP contribution in [0.25, 0.3) is 0 Å². The van der Waals surface area contributed by atoms with Crippen LogP contribution in [-0.4, -0.2) is 15.3 Å². The Kier molecular flexibility index (Phi) is 2.79. The molecule has 3 nitrogen and oxygen atoms in total. The highest BCUT2D eigenvalue weighted by Gasteiger charge is 2.32. The lowest BCUT2D eigenvalue weighted by molar-refractivity contribution is -0.160. The quantitative estimate of drug-likeness (QED) is 0.415. The predicted molar refractivity (Wildman–Crippen MR) is 33.4 cm³/mol. The Labute approximate surface area is 56.5 Å². The molecule has 0 amide bonds. The number of rotatable bonds is 1. The van der Waals surface area contributed by atoms with E-state index in [9.17, 15) is 9.46 Å². The molecule has 0 saturated carbocycles. The summed E-state index contributed by atoms with van der Waals surface area (Å²) in [5.41, 5.74) is 0. The van der Waals surface area contributed by atoms with Crippen molar-refractivity contribution in [2.75, 3.05) is 6.61 Å². The lowest BCUT2D eigenvalue weighted by atomic mass is 10.4. The van der Waals surface area contributed by atoms with E-state index in [2.05, 4.69) is 0 Å². The molecule has 0 spiro atoms. The molecule has 0 aromatic rings. The van der Waals surface area contributed by atoms with E-state index in [0.29, 0.717) is 6.61 Å². The van der Waals surface area contributed by atoms with Gasteiger partial charge in [-0.05, 0) is 12.8 Å². The fourth-order valence-corrected chi connectivity index (χ4v) is 3.76. The minimum Gasteiger partial charge on any atom is -0.607 e. The summed E-state index contributed by atoms with van der Waals surface area (Å²) in [7, 11) is -3.65. The Morgan fingerprint density at radius 3 is 2.67 bits per heavy atom. The van der Waals surface area contributed by atoms with Gasteiger partial charge in [-0.1, -0.05) is 4.57 Å². The molecule has 1 unspecified atom stereocenters. The van der Waals surface area contributed by atoms with Gasteiger partial charge in [0, 0.05) is 12.7 Å². The summed E-state index contributed by atoms with van der Waals surface area (Å²) >= 11 is 0. The second kappa shape index (κ2) is 3.42.